The predicted molar refractivity (Wildman–Crippen MR) is 117 cm³/mol. The normalized spacial score (nSPS) is 17.9. The van der Waals surface area contributed by atoms with Gasteiger partial charge in [0, 0.05) is 37.4 Å². The number of hydrogen-bond donors (Lipinski definition) is 0. The number of carbonyl (C=O) groups is 1. The smallest absolute Gasteiger partial charge is 0.410 e. The van der Waals surface area contributed by atoms with E-state index in [9.17, 15) is 13.2 Å². The second kappa shape index (κ2) is 8.89. The molecule has 0 radical (unpaired) electrons. The number of ether oxygens (including phenoxy) is 1. The first-order chi connectivity index (χ1) is 14.1. The Labute approximate surface area is 179 Å². The highest BCUT2D eigenvalue weighted by molar-refractivity contribution is 7.89. The molecule has 0 aliphatic carbocycles. The van der Waals surface area contributed by atoms with E-state index in [2.05, 4.69) is 11.9 Å². The number of carbonyl (C=O) groups excluding carboxylic acids is 1. The minimum Gasteiger partial charge on any atom is -0.444 e. The summed E-state index contributed by atoms with van der Waals surface area (Å²) in [7, 11) is -3.64. The van der Waals surface area contributed by atoms with E-state index in [-0.39, 0.29) is 23.6 Å². The van der Waals surface area contributed by atoms with Gasteiger partial charge < -0.3 is 9.64 Å². The lowest BCUT2D eigenvalue weighted by Gasteiger charge is -2.31. The standard InChI is InChI=1S/C22H31N3O4S/c1-5-6-12-25(21(26)29-22(2,3)4)19-10-13-24(16-19)30(27,28)20-8-7-18-15-23-11-9-17(18)14-20/h7-9,11,14-15,19H,5-6,10,12-13,16H2,1-4H3/t19-/m0/s1. The molecule has 7 nitrogen and oxygen atoms in total. The highest BCUT2D eigenvalue weighted by atomic mass is 32.2. The van der Waals surface area contributed by atoms with Crippen molar-refractivity contribution in [3.8, 4) is 0 Å². The van der Waals surface area contributed by atoms with Crippen LogP contribution in [-0.2, 0) is 14.8 Å². The fourth-order valence-electron chi connectivity index (χ4n) is 3.63. The molecule has 0 spiro atoms. The number of benzene rings is 1. The molecule has 1 fully saturated rings. The van der Waals surface area contributed by atoms with Gasteiger partial charge in [0.25, 0.3) is 0 Å². The molecule has 0 saturated carbocycles. The summed E-state index contributed by atoms with van der Waals surface area (Å²) in [6.07, 6.45) is 5.38. The van der Waals surface area contributed by atoms with Crippen molar-refractivity contribution in [2.45, 2.75) is 63.5 Å². The van der Waals surface area contributed by atoms with Crippen LogP contribution in [0.4, 0.5) is 4.79 Å². The third kappa shape index (κ3) is 5.10. The molecular weight excluding hydrogens is 402 g/mol. The number of hydrogen-bond acceptors (Lipinski definition) is 5. The summed E-state index contributed by atoms with van der Waals surface area (Å²) in [5.74, 6) is 0. The molecule has 1 aromatic heterocycles. The van der Waals surface area contributed by atoms with E-state index in [1.165, 1.54) is 4.31 Å². The lowest BCUT2D eigenvalue weighted by molar-refractivity contribution is 0.0169. The van der Waals surface area contributed by atoms with E-state index in [0.29, 0.717) is 19.5 Å². The van der Waals surface area contributed by atoms with Crippen LogP contribution in [0.25, 0.3) is 10.8 Å². The average Bonchev–Trinajstić information content (AvgIpc) is 3.17. The first-order valence-corrected chi connectivity index (χ1v) is 11.9. The molecule has 1 aliphatic rings. The molecule has 0 N–H and O–H groups in total. The number of pyridine rings is 1. The Morgan fingerprint density at radius 1 is 1.27 bits per heavy atom. The van der Waals surface area contributed by atoms with Gasteiger partial charge in [-0.2, -0.15) is 4.31 Å². The van der Waals surface area contributed by atoms with E-state index in [4.69, 9.17) is 4.74 Å². The Hall–Kier alpha value is -2.19. The van der Waals surface area contributed by atoms with E-state index in [1.54, 1.807) is 41.6 Å². The van der Waals surface area contributed by atoms with Gasteiger partial charge in [-0.25, -0.2) is 13.2 Å². The zero-order valence-corrected chi connectivity index (χ0v) is 19.0. The topological polar surface area (TPSA) is 79.8 Å². The Bertz CT molecular complexity index is 1000. The maximum Gasteiger partial charge on any atom is 0.410 e. The van der Waals surface area contributed by atoms with Gasteiger partial charge in [-0.3, -0.25) is 4.98 Å². The molecule has 2 heterocycles. The van der Waals surface area contributed by atoms with Crippen molar-refractivity contribution in [3.63, 3.8) is 0 Å². The van der Waals surface area contributed by atoms with E-state index >= 15 is 0 Å². The molecule has 0 bridgehead atoms. The van der Waals surface area contributed by atoms with Crippen LogP contribution < -0.4 is 0 Å². The molecule has 1 amide bonds. The number of amides is 1. The second-order valence-corrected chi connectivity index (χ2v) is 10.7. The van der Waals surface area contributed by atoms with Gasteiger partial charge in [0.05, 0.1) is 10.9 Å². The minimum atomic E-state index is -3.64. The maximum atomic E-state index is 13.2. The summed E-state index contributed by atoms with van der Waals surface area (Å²) in [5.41, 5.74) is -0.591. The van der Waals surface area contributed by atoms with Crippen molar-refractivity contribution < 1.29 is 17.9 Å². The number of sulfonamides is 1. The molecule has 30 heavy (non-hydrogen) atoms. The quantitative estimate of drug-likeness (QED) is 0.687. The van der Waals surface area contributed by atoms with Crippen molar-refractivity contribution >= 4 is 26.9 Å². The van der Waals surface area contributed by atoms with Crippen molar-refractivity contribution in [1.82, 2.24) is 14.2 Å². The Morgan fingerprint density at radius 2 is 2.03 bits per heavy atom. The van der Waals surface area contributed by atoms with Gasteiger partial charge >= 0.3 is 6.09 Å². The summed E-state index contributed by atoms with van der Waals surface area (Å²) < 4.78 is 33.5. The third-order valence-electron chi connectivity index (χ3n) is 5.20. The maximum absolute atomic E-state index is 13.2. The van der Waals surface area contributed by atoms with Gasteiger partial charge in [0.15, 0.2) is 0 Å². The van der Waals surface area contributed by atoms with Gasteiger partial charge in [-0.05, 0) is 57.2 Å². The monoisotopic (exact) mass is 433 g/mol. The summed E-state index contributed by atoms with van der Waals surface area (Å²) in [4.78, 5) is 18.8. The van der Waals surface area contributed by atoms with Gasteiger partial charge in [0.2, 0.25) is 10.0 Å². The number of nitrogens with zero attached hydrogens (tertiary/aromatic N) is 3. The van der Waals surface area contributed by atoms with Crippen LogP contribution in [0, 0.1) is 0 Å². The summed E-state index contributed by atoms with van der Waals surface area (Å²) in [5, 5.41) is 1.73. The summed E-state index contributed by atoms with van der Waals surface area (Å²) in [6.45, 7) is 8.80. The fourth-order valence-corrected chi connectivity index (χ4v) is 5.15. The van der Waals surface area contributed by atoms with Gasteiger partial charge in [-0.1, -0.05) is 19.4 Å². The van der Waals surface area contributed by atoms with Crippen LogP contribution in [0.2, 0.25) is 0 Å². The number of unbranched alkanes of at least 4 members (excludes halogenated alkanes) is 1. The molecule has 1 saturated heterocycles. The molecule has 8 heteroatoms. The number of fused-ring (bicyclic) bond motifs is 1. The Morgan fingerprint density at radius 3 is 2.73 bits per heavy atom. The van der Waals surface area contributed by atoms with Gasteiger partial charge in [-0.15, -0.1) is 0 Å². The van der Waals surface area contributed by atoms with Crippen molar-refractivity contribution in [3.05, 3.63) is 36.7 Å². The summed E-state index contributed by atoms with van der Waals surface area (Å²) >= 11 is 0. The van der Waals surface area contributed by atoms with E-state index in [0.717, 1.165) is 23.6 Å². The van der Waals surface area contributed by atoms with Crippen LogP contribution in [0.3, 0.4) is 0 Å². The average molecular weight is 434 g/mol. The second-order valence-electron chi connectivity index (χ2n) is 8.72. The number of rotatable bonds is 6. The fraction of sp³-hybridized carbons (Fsp3) is 0.545. The van der Waals surface area contributed by atoms with E-state index < -0.39 is 15.6 Å². The first-order valence-electron chi connectivity index (χ1n) is 10.5. The molecule has 2 aromatic rings. The largest absolute Gasteiger partial charge is 0.444 e. The van der Waals surface area contributed by atoms with Gasteiger partial charge in [0.1, 0.15) is 5.60 Å². The lowest BCUT2D eigenvalue weighted by Crippen LogP contribution is -2.45. The first kappa shape index (κ1) is 22.5. The molecule has 1 atom stereocenters. The Balaban J connectivity index is 1.79. The zero-order chi connectivity index (χ0) is 21.9. The van der Waals surface area contributed by atoms with Crippen LogP contribution in [-0.4, -0.2) is 60.0 Å². The SMILES string of the molecule is CCCCN(C(=O)OC(C)(C)C)[C@H]1CCN(S(=O)(=O)c2ccc3cnccc3c2)C1. The van der Waals surface area contributed by atoms with Crippen molar-refractivity contribution in [1.29, 1.82) is 0 Å². The predicted octanol–water partition coefficient (Wildman–Crippen LogP) is 4.04. The molecule has 1 aromatic carbocycles. The molecule has 0 unspecified atom stereocenters. The van der Waals surface area contributed by atoms with Crippen molar-refractivity contribution in [2.75, 3.05) is 19.6 Å². The van der Waals surface area contributed by atoms with Crippen molar-refractivity contribution in [2.24, 2.45) is 0 Å². The molecular formula is C22H31N3O4S. The zero-order valence-electron chi connectivity index (χ0n) is 18.2. The third-order valence-corrected chi connectivity index (χ3v) is 7.06. The molecule has 164 valence electrons. The lowest BCUT2D eigenvalue weighted by atomic mass is 10.2. The van der Waals surface area contributed by atoms with E-state index in [1.807, 2.05) is 20.8 Å². The highest BCUT2D eigenvalue weighted by Crippen LogP contribution is 2.27. The minimum absolute atomic E-state index is 0.189. The van der Waals surface area contributed by atoms with Crippen LogP contribution in [0.1, 0.15) is 47.0 Å². The molecule has 1 aliphatic heterocycles. The summed E-state index contributed by atoms with van der Waals surface area (Å²) in [6, 6.07) is 6.69. The Kier molecular flexibility index (Phi) is 6.67. The molecule has 3 rings (SSSR count). The van der Waals surface area contributed by atoms with Crippen LogP contribution in [0.15, 0.2) is 41.6 Å². The van der Waals surface area contributed by atoms with Crippen LogP contribution >= 0.6 is 0 Å². The number of aromatic nitrogens is 1. The highest BCUT2D eigenvalue weighted by Gasteiger charge is 2.38. The van der Waals surface area contributed by atoms with Crippen LogP contribution in [0.5, 0.6) is 0 Å².